The molecule has 0 unspecified atom stereocenters. The molecule has 33 heavy (non-hydrogen) atoms. The van der Waals surface area contributed by atoms with Crippen LogP contribution in [0.15, 0.2) is 72.2 Å². The lowest BCUT2D eigenvalue weighted by molar-refractivity contribution is 0.206. The second-order valence-corrected chi connectivity index (χ2v) is 8.78. The van der Waals surface area contributed by atoms with E-state index in [9.17, 15) is 0 Å². The third kappa shape index (κ3) is 6.45. The van der Waals surface area contributed by atoms with Gasteiger partial charge >= 0.3 is 0 Å². The molecule has 1 aromatic heterocycles. The van der Waals surface area contributed by atoms with Gasteiger partial charge in [0.25, 0.3) is 0 Å². The van der Waals surface area contributed by atoms with E-state index in [0.717, 1.165) is 19.0 Å². The Labute approximate surface area is 197 Å². The molecule has 0 amide bonds. The summed E-state index contributed by atoms with van der Waals surface area (Å²) in [6.07, 6.45) is 9.23. The smallest absolute Gasteiger partial charge is 0.191 e. The number of likely N-dealkylation sites (tertiary alicyclic amines) is 1. The minimum absolute atomic E-state index is 0.489. The Morgan fingerprint density at radius 1 is 1.09 bits per heavy atom. The normalized spacial score (nSPS) is 15.5. The Balaban J connectivity index is 1.35. The molecule has 2 heterocycles. The minimum atomic E-state index is 0.489. The molecule has 1 fully saturated rings. The summed E-state index contributed by atoms with van der Waals surface area (Å²) in [5.74, 6) is 0.884. The summed E-state index contributed by atoms with van der Waals surface area (Å²) in [7, 11) is 1.85. The molecule has 3 aromatic rings. The van der Waals surface area contributed by atoms with Crippen LogP contribution in [0.4, 0.5) is 0 Å². The first-order chi connectivity index (χ1) is 16.2. The largest absolute Gasteiger partial charge is 0.354 e. The fraction of sp³-hybridized carbons (Fsp3) is 0.407. The molecule has 2 aromatic carbocycles. The Hall–Kier alpha value is -3.12. The topological polar surface area (TPSA) is 57.5 Å². The zero-order chi connectivity index (χ0) is 22.9. The molecule has 6 heteroatoms. The number of imidazole rings is 1. The third-order valence-corrected chi connectivity index (χ3v) is 6.34. The standard InChI is InChI=1S/C27H36N6/c1-3-15-32-16-12-25(13-17-32)31-27(28-2)30-19-24-6-4-5-7-26(24)23-10-8-22(9-11-23)20-33-18-14-29-21-33/h4-11,14,18,21,25H,3,12-13,15-17,19-20H2,1-2H3,(H2,28,30,31). The van der Waals surface area contributed by atoms with Gasteiger partial charge in [-0.3, -0.25) is 4.99 Å². The minimum Gasteiger partial charge on any atom is -0.354 e. The second-order valence-electron chi connectivity index (χ2n) is 8.78. The zero-order valence-electron chi connectivity index (χ0n) is 19.9. The average molecular weight is 445 g/mol. The molecule has 0 spiro atoms. The molecule has 4 rings (SSSR count). The van der Waals surface area contributed by atoms with Crippen LogP contribution < -0.4 is 10.6 Å². The number of hydrogen-bond acceptors (Lipinski definition) is 3. The number of benzene rings is 2. The Bertz CT molecular complexity index is 1000. The van der Waals surface area contributed by atoms with Gasteiger partial charge in [-0.2, -0.15) is 0 Å². The van der Waals surface area contributed by atoms with Gasteiger partial charge in [0.05, 0.1) is 6.33 Å². The summed E-state index contributed by atoms with van der Waals surface area (Å²) >= 11 is 0. The summed E-state index contributed by atoms with van der Waals surface area (Å²) in [6.45, 7) is 7.37. The van der Waals surface area contributed by atoms with Crippen molar-refractivity contribution in [1.29, 1.82) is 0 Å². The molecule has 1 saturated heterocycles. The number of aromatic nitrogens is 2. The number of rotatable bonds is 8. The van der Waals surface area contributed by atoms with Crippen LogP contribution in [-0.4, -0.2) is 53.1 Å². The maximum absolute atomic E-state index is 4.48. The van der Waals surface area contributed by atoms with Crippen LogP contribution in [-0.2, 0) is 13.1 Å². The lowest BCUT2D eigenvalue weighted by Gasteiger charge is -2.32. The van der Waals surface area contributed by atoms with Crippen LogP contribution in [0.1, 0.15) is 37.3 Å². The van der Waals surface area contributed by atoms with Gasteiger partial charge in [0.1, 0.15) is 0 Å². The summed E-state index contributed by atoms with van der Waals surface area (Å²) < 4.78 is 2.08. The first kappa shape index (κ1) is 23.1. The lowest BCUT2D eigenvalue weighted by Crippen LogP contribution is -2.48. The van der Waals surface area contributed by atoms with Crippen LogP contribution >= 0.6 is 0 Å². The number of aliphatic imine (C=N–C) groups is 1. The number of nitrogens with zero attached hydrogens (tertiary/aromatic N) is 4. The fourth-order valence-electron chi connectivity index (χ4n) is 4.52. The van der Waals surface area contributed by atoms with Crippen molar-refractivity contribution < 1.29 is 0 Å². The number of nitrogens with one attached hydrogen (secondary N) is 2. The molecular weight excluding hydrogens is 408 g/mol. The molecular formula is C27H36N6. The number of piperidine rings is 1. The molecule has 0 saturated carbocycles. The zero-order valence-corrected chi connectivity index (χ0v) is 19.9. The van der Waals surface area contributed by atoms with Gasteiger partial charge in [0, 0.05) is 51.7 Å². The van der Waals surface area contributed by atoms with E-state index in [1.807, 2.05) is 25.8 Å². The monoisotopic (exact) mass is 444 g/mol. The fourth-order valence-corrected chi connectivity index (χ4v) is 4.52. The van der Waals surface area contributed by atoms with Gasteiger partial charge in [0.2, 0.25) is 0 Å². The van der Waals surface area contributed by atoms with E-state index >= 15 is 0 Å². The SMILES string of the molecule is CCCN1CCC(NC(=NC)NCc2ccccc2-c2ccc(Cn3ccnc3)cc2)CC1. The predicted molar refractivity (Wildman–Crippen MR) is 136 cm³/mol. The summed E-state index contributed by atoms with van der Waals surface area (Å²) in [5, 5.41) is 7.17. The predicted octanol–water partition coefficient (Wildman–Crippen LogP) is 4.14. The van der Waals surface area contributed by atoms with Crippen LogP contribution in [0.3, 0.4) is 0 Å². The van der Waals surface area contributed by atoms with Gasteiger partial charge in [-0.1, -0.05) is 55.5 Å². The Morgan fingerprint density at radius 3 is 2.58 bits per heavy atom. The Kier molecular flexibility index (Phi) is 8.14. The van der Waals surface area contributed by atoms with Crippen molar-refractivity contribution >= 4 is 5.96 Å². The highest BCUT2D eigenvalue weighted by Crippen LogP contribution is 2.24. The number of guanidine groups is 1. The van der Waals surface area contributed by atoms with Crippen molar-refractivity contribution in [3.63, 3.8) is 0 Å². The van der Waals surface area contributed by atoms with Gasteiger partial charge in [-0.05, 0) is 48.1 Å². The lowest BCUT2D eigenvalue weighted by atomic mass is 9.98. The van der Waals surface area contributed by atoms with Crippen molar-refractivity contribution in [2.75, 3.05) is 26.7 Å². The van der Waals surface area contributed by atoms with E-state index in [0.29, 0.717) is 6.04 Å². The van der Waals surface area contributed by atoms with Gasteiger partial charge in [-0.15, -0.1) is 0 Å². The summed E-state index contributed by atoms with van der Waals surface area (Å²) in [5.41, 5.74) is 5.01. The molecule has 1 aliphatic rings. The van der Waals surface area contributed by atoms with Crippen LogP contribution in [0, 0.1) is 0 Å². The molecule has 2 N–H and O–H groups in total. The highest BCUT2D eigenvalue weighted by molar-refractivity contribution is 5.80. The molecule has 0 atom stereocenters. The molecule has 0 aliphatic carbocycles. The van der Waals surface area contributed by atoms with Crippen LogP contribution in [0.25, 0.3) is 11.1 Å². The van der Waals surface area contributed by atoms with Gasteiger partial charge in [0.15, 0.2) is 5.96 Å². The van der Waals surface area contributed by atoms with Crippen molar-refractivity contribution in [2.24, 2.45) is 4.99 Å². The first-order valence-corrected chi connectivity index (χ1v) is 12.1. The van der Waals surface area contributed by atoms with Crippen LogP contribution in [0.2, 0.25) is 0 Å². The maximum atomic E-state index is 4.48. The molecule has 0 radical (unpaired) electrons. The van der Waals surface area contributed by atoms with E-state index in [1.54, 1.807) is 0 Å². The van der Waals surface area contributed by atoms with Gasteiger partial charge in [-0.25, -0.2) is 4.98 Å². The highest BCUT2D eigenvalue weighted by atomic mass is 15.2. The van der Waals surface area contributed by atoms with E-state index in [1.165, 1.54) is 61.2 Å². The van der Waals surface area contributed by atoms with Crippen molar-refractivity contribution in [3.8, 4) is 11.1 Å². The molecule has 1 aliphatic heterocycles. The van der Waals surface area contributed by atoms with Gasteiger partial charge < -0.3 is 20.1 Å². The van der Waals surface area contributed by atoms with E-state index in [2.05, 4.69) is 85.5 Å². The second kappa shape index (κ2) is 11.7. The van der Waals surface area contributed by atoms with E-state index in [4.69, 9.17) is 0 Å². The van der Waals surface area contributed by atoms with Crippen molar-refractivity contribution in [2.45, 2.75) is 45.3 Å². The molecule has 0 bridgehead atoms. The summed E-state index contributed by atoms with van der Waals surface area (Å²) in [4.78, 5) is 11.2. The summed E-state index contributed by atoms with van der Waals surface area (Å²) in [6, 6.07) is 17.9. The van der Waals surface area contributed by atoms with E-state index < -0.39 is 0 Å². The third-order valence-electron chi connectivity index (χ3n) is 6.34. The molecule has 6 nitrogen and oxygen atoms in total. The quantitative estimate of drug-likeness (QED) is 0.405. The van der Waals surface area contributed by atoms with Crippen LogP contribution in [0.5, 0.6) is 0 Å². The van der Waals surface area contributed by atoms with Crippen molar-refractivity contribution in [1.82, 2.24) is 25.1 Å². The van der Waals surface area contributed by atoms with Crippen molar-refractivity contribution in [3.05, 3.63) is 78.4 Å². The highest BCUT2D eigenvalue weighted by Gasteiger charge is 2.19. The Morgan fingerprint density at radius 2 is 1.88 bits per heavy atom. The maximum Gasteiger partial charge on any atom is 0.191 e. The number of hydrogen-bond donors (Lipinski definition) is 2. The first-order valence-electron chi connectivity index (χ1n) is 12.1. The molecule has 174 valence electrons. The van der Waals surface area contributed by atoms with E-state index in [-0.39, 0.29) is 0 Å². The average Bonchev–Trinajstić information content (AvgIpc) is 3.37.